The van der Waals surface area contributed by atoms with Crippen molar-refractivity contribution in [1.82, 2.24) is 9.55 Å². The van der Waals surface area contributed by atoms with Gasteiger partial charge in [-0.05, 0) is 0 Å². The molecule has 1 aromatic rings. The van der Waals surface area contributed by atoms with Crippen molar-refractivity contribution in [2.24, 2.45) is 7.05 Å². The fourth-order valence-electron chi connectivity index (χ4n) is 0.530. The molecule has 0 spiro atoms. The van der Waals surface area contributed by atoms with E-state index in [1.165, 1.54) is 12.5 Å². The molecule has 0 bridgehead atoms. The van der Waals surface area contributed by atoms with Gasteiger partial charge in [-0.2, -0.15) is 0 Å². The second-order valence-electron chi connectivity index (χ2n) is 1.75. The molecule has 0 fully saturated rings. The van der Waals surface area contributed by atoms with E-state index in [1.807, 2.05) is 0 Å². The monoisotopic (exact) mass is 213 g/mol. The van der Waals surface area contributed by atoms with Crippen LogP contribution in [0.5, 0.6) is 0 Å². The summed E-state index contributed by atoms with van der Waals surface area (Å²) in [7, 11) is 1.75. The number of imidazole rings is 1. The van der Waals surface area contributed by atoms with Gasteiger partial charge >= 0.3 is 0 Å². The van der Waals surface area contributed by atoms with Gasteiger partial charge in [0.15, 0.2) is 0 Å². The second kappa shape index (κ2) is 3.83. The fourth-order valence-corrected chi connectivity index (χ4v) is 0.530. The molecular formula is C5H6N3OY-. The Balaban J connectivity index is 0.000000810. The number of hydrogen-bond donors (Lipinski definition) is 0. The summed E-state index contributed by atoms with van der Waals surface area (Å²) >= 11 is 0. The Morgan fingerprint density at radius 2 is 2.40 bits per heavy atom. The molecule has 0 atom stereocenters. The Kier molecular flexibility index (Phi) is 3.75. The third-order valence-electron chi connectivity index (χ3n) is 0.938. The largest absolute Gasteiger partial charge is 0.662 e. The molecule has 0 aliphatic carbocycles. The zero-order chi connectivity index (χ0) is 6.85. The van der Waals surface area contributed by atoms with Crippen molar-refractivity contribution in [3.63, 3.8) is 0 Å². The zero-order valence-electron chi connectivity index (χ0n) is 5.53. The minimum atomic E-state index is -0.740. The van der Waals surface area contributed by atoms with E-state index < -0.39 is 5.91 Å². The molecule has 5 heteroatoms. The molecular weight excluding hydrogens is 207 g/mol. The molecule has 1 amide bonds. The summed E-state index contributed by atoms with van der Waals surface area (Å²) in [5.41, 5.74) is 6.81. The molecule has 1 radical (unpaired) electrons. The summed E-state index contributed by atoms with van der Waals surface area (Å²) in [4.78, 5) is 13.9. The van der Waals surface area contributed by atoms with E-state index in [0.717, 1.165) is 0 Å². The van der Waals surface area contributed by atoms with Crippen LogP contribution in [0.1, 0.15) is 10.5 Å². The van der Waals surface area contributed by atoms with Crippen LogP contribution in [0.2, 0.25) is 0 Å². The van der Waals surface area contributed by atoms with Gasteiger partial charge in [0, 0.05) is 46.0 Å². The van der Waals surface area contributed by atoms with Gasteiger partial charge in [0.05, 0.1) is 12.2 Å². The fraction of sp³-hybridized carbons (Fsp3) is 0.200. The quantitative estimate of drug-likeness (QED) is 0.686. The smallest absolute Gasteiger partial charge is 0.105 e. The number of aryl methyl sites for hydroxylation is 1. The summed E-state index contributed by atoms with van der Waals surface area (Å²) in [6.45, 7) is 0. The Labute approximate surface area is 83.7 Å². The van der Waals surface area contributed by atoms with Gasteiger partial charge in [0.25, 0.3) is 0 Å². The number of amides is 1. The average Bonchev–Trinajstić information content (AvgIpc) is 2.14. The Hall–Kier alpha value is -0.216. The van der Waals surface area contributed by atoms with Gasteiger partial charge in [0.2, 0.25) is 0 Å². The number of aromatic nitrogens is 2. The van der Waals surface area contributed by atoms with Crippen LogP contribution in [-0.2, 0) is 39.8 Å². The van der Waals surface area contributed by atoms with Crippen LogP contribution in [0.15, 0.2) is 12.5 Å². The van der Waals surface area contributed by atoms with Crippen LogP contribution in [0.4, 0.5) is 0 Å². The molecule has 0 saturated heterocycles. The molecule has 1 rings (SSSR count). The Morgan fingerprint density at radius 3 is 2.60 bits per heavy atom. The minimum Gasteiger partial charge on any atom is -0.662 e. The number of carbonyl (C=O) groups is 1. The molecule has 0 saturated carbocycles. The predicted molar refractivity (Wildman–Crippen MR) is 31.9 cm³/mol. The third-order valence-corrected chi connectivity index (χ3v) is 0.938. The average molecular weight is 213 g/mol. The zero-order valence-corrected chi connectivity index (χ0v) is 8.37. The van der Waals surface area contributed by atoms with Crippen molar-refractivity contribution in [2.45, 2.75) is 0 Å². The van der Waals surface area contributed by atoms with E-state index in [0.29, 0.717) is 0 Å². The van der Waals surface area contributed by atoms with Crippen molar-refractivity contribution in [2.75, 3.05) is 0 Å². The SMILES string of the molecule is Cn1cnc(C([NH-])=O)c1.[Y]. The van der Waals surface area contributed by atoms with Crippen LogP contribution in [0, 0.1) is 0 Å². The summed E-state index contributed by atoms with van der Waals surface area (Å²) in [6.07, 6.45) is 3.00. The maximum atomic E-state index is 10.2. The van der Waals surface area contributed by atoms with Crippen molar-refractivity contribution in [3.8, 4) is 0 Å². The molecule has 10 heavy (non-hydrogen) atoms. The van der Waals surface area contributed by atoms with E-state index in [-0.39, 0.29) is 38.4 Å². The summed E-state index contributed by atoms with van der Waals surface area (Å²) in [5.74, 6) is -0.740. The second-order valence-corrected chi connectivity index (χ2v) is 1.75. The minimum absolute atomic E-state index is 0. The Morgan fingerprint density at radius 1 is 1.80 bits per heavy atom. The molecule has 1 N–H and O–H groups in total. The van der Waals surface area contributed by atoms with Gasteiger partial charge in [0.1, 0.15) is 5.69 Å². The van der Waals surface area contributed by atoms with Crippen molar-refractivity contribution in [1.29, 1.82) is 0 Å². The van der Waals surface area contributed by atoms with E-state index >= 15 is 0 Å². The molecule has 0 aromatic carbocycles. The van der Waals surface area contributed by atoms with Crippen LogP contribution in [0.3, 0.4) is 0 Å². The van der Waals surface area contributed by atoms with Gasteiger partial charge < -0.3 is 15.1 Å². The molecule has 1 heterocycles. The first-order valence-electron chi connectivity index (χ1n) is 2.44. The summed E-state index contributed by atoms with van der Waals surface area (Å²) in [5, 5.41) is 0. The van der Waals surface area contributed by atoms with Crippen molar-refractivity contribution < 1.29 is 37.5 Å². The standard InChI is InChI=1S/C5H7N3O.Y/c1-8-2-4(5(6)9)7-3-8;/h2-3H,1H3,(H2,6,9);/p-1. The molecule has 4 nitrogen and oxygen atoms in total. The van der Waals surface area contributed by atoms with E-state index in [2.05, 4.69) is 4.98 Å². The molecule has 1 aromatic heterocycles. The van der Waals surface area contributed by atoms with Gasteiger partial charge in [-0.25, -0.2) is 4.98 Å². The van der Waals surface area contributed by atoms with E-state index in [4.69, 9.17) is 5.73 Å². The molecule has 0 aliphatic rings. The number of nitrogens with one attached hydrogen (secondary N) is 1. The van der Waals surface area contributed by atoms with Crippen LogP contribution < -0.4 is 0 Å². The van der Waals surface area contributed by atoms with Crippen LogP contribution in [-0.4, -0.2) is 15.5 Å². The van der Waals surface area contributed by atoms with E-state index in [9.17, 15) is 4.79 Å². The van der Waals surface area contributed by atoms with Crippen molar-refractivity contribution >= 4 is 5.91 Å². The molecule has 0 aliphatic heterocycles. The Bertz CT molecular complexity index is 233. The first kappa shape index (κ1) is 9.78. The van der Waals surface area contributed by atoms with Crippen molar-refractivity contribution in [3.05, 3.63) is 24.0 Å². The van der Waals surface area contributed by atoms with Crippen LogP contribution in [0.25, 0.3) is 5.73 Å². The number of carbonyl (C=O) groups excluding carboxylic acids is 1. The van der Waals surface area contributed by atoms with Gasteiger partial charge in [-0.3, -0.25) is 0 Å². The first-order valence-corrected chi connectivity index (χ1v) is 2.44. The molecule has 51 valence electrons. The third kappa shape index (κ3) is 2.19. The predicted octanol–water partition coefficient (Wildman–Crippen LogP) is 0.610. The molecule has 0 unspecified atom stereocenters. The summed E-state index contributed by atoms with van der Waals surface area (Å²) < 4.78 is 1.63. The number of rotatable bonds is 1. The number of nitrogens with zero attached hydrogens (tertiary/aromatic N) is 2. The number of hydrogen-bond acceptors (Lipinski definition) is 2. The first-order chi connectivity index (χ1) is 4.20. The summed E-state index contributed by atoms with van der Waals surface area (Å²) in [6, 6.07) is 0. The van der Waals surface area contributed by atoms with Gasteiger partial charge in [-0.1, -0.05) is 0 Å². The topological polar surface area (TPSA) is 58.7 Å². The van der Waals surface area contributed by atoms with Gasteiger partial charge in [-0.15, -0.1) is 0 Å². The normalized spacial score (nSPS) is 8.50. The maximum absolute atomic E-state index is 10.2. The maximum Gasteiger partial charge on any atom is 0.105 e. The van der Waals surface area contributed by atoms with Crippen LogP contribution >= 0.6 is 0 Å². The van der Waals surface area contributed by atoms with E-state index in [1.54, 1.807) is 11.6 Å².